The maximum absolute atomic E-state index is 10.3. The van der Waals surface area contributed by atoms with Crippen LogP contribution in [0.5, 0.6) is 5.75 Å². The van der Waals surface area contributed by atoms with Crippen LogP contribution < -0.4 is 10.1 Å². The van der Waals surface area contributed by atoms with E-state index in [0.717, 1.165) is 13.0 Å². The summed E-state index contributed by atoms with van der Waals surface area (Å²) in [5.74, 6) is 0.609. The van der Waals surface area contributed by atoms with Crippen LogP contribution in [0, 0.1) is 0 Å². The molecular formula is C17H21NO2. The third-order valence-corrected chi connectivity index (χ3v) is 4.41. The number of ether oxygens (including phenoxy) is 1. The van der Waals surface area contributed by atoms with E-state index in [-0.39, 0.29) is 0 Å². The molecule has 3 heteroatoms. The van der Waals surface area contributed by atoms with Gasteiger partial charge in [0.05, 0.1) is 0 Å². The van der Waals surface area contributed by atoms with Crippen LogP contribution >= 0.6 is 0 Å². The minimum atomic E-state index is 0.469. The molecule has 1 aromatic carbocycles. The fourth-order valence-corrected chi connectivity index (χ4v) is 3.41. The average Bonchev–Trinajstić information content (AvgIpc) is 2.50. The van der Waals surface area contributed by atoms with Crippen molar-refractivity contribution in [3.8, 4) is 5.75 Å². The van der Waals surface area contributed by atoms with Crippen LogP contribution in [0.1, 0.15) is 37.7 Å². The maximum Gasteiger partial charge on any atom is 0.298 e. The van der Waals surface area contributed by atoms with Gasteiger partial charge in [0, 0.05) is 6.04 Å². The van der Waals surface area contributed by atoms with Gasteiger partial charge in [0.25, 0.3) is 6.47 Å². The number of hydrogen-bond acceptors (Lipinski definition) is 3. The van der Waals surface area contributed by atoms with E-state index in [1.54, 1.807) is 11.1 Å². The molecular weight excluding hydrogens is 250 g/mol. The molecule has 1 aliphatic carbocycles. The molecule has 2 aliphatic rings. The molecule has 0 saturated carbocycles. The van der Waals surface area contributed by atoms with Crippen molar-refractivity contribution in [1.29, 1.82) is 0 Å². The van der Waals surface area contributed by atoms with Crippen molar-refractivity contribution in [3.63, 3.8) is 0 Å². The molecule has 1 heterocycles. The molecule has 0 saturated heterocycles. The second-order valence-corrected chi connectivity index (χ2v) is 5.65. The molecule has 106 valence electrons. The molecule has 0 spiro atoms. The largest absolute Gasteiger partial charge is 0.429 e. The van der Waals surface area contributed by atoms with E-state index >= 15 is 0 Å². The molecule has 20 heavy (non-hydrogen) atoms. The first-order valence-corrected chi connectivity index (χ1v) is 7.50. The van der Waals surface area contributed by atoms with Crippen molar-refractivity contribution in [3.05, 3.63) is 41.0 Å². The van der Waals surface area contributed by atoms with Gasteiger partial charge in [0.2, 0.25) is 0 Å². The zero-order chi connectivity index (χ0) is 13.8. The first kappa shape index (κ1) is 13.4. The van der Waals surface area contributed by atoms with Crippen molar-refractivity contribution >= 4 is 6.47 Å². The van der Waals surface area contributed by atoms with Crippen molar-refractivity contribution in [2.75, 3.05) is 6.54 Å². The number of carbonyl (C=O) groups is 1. The number of nitrogens with one attached hydrogen (secondary N) is 1. The highest BCUT2D eigenvalue weighted by Gasteiger charge is 2.24. The summed E-state index contributed by atoms with van der Waals surface area (Å²) in [5, 5.41) is 3.66. The molecule has 0 aromatic heterocycles. The predicted octanol–water partition coefficient (Wildman–Crippen LogP) is 3.00. The van der Waals surface area contributed by atoms with Crippen molar-refractivity contribution in [2.45, 2.75) is 44.6 Å². The molecule has 1 aliphatic heterocycles. The number of hydrogen-bond donors (Lipinski definition) is 1. The zero-order valence-corrected chi connectivity index (χ0v) is 11.7. The standard InChI is InChI=1S/C17H21NO2/c19-12-20-15-7-5-13(6-8-15)11-17-16-4-2-1-3-14(16)9-10-18-17/h5-8,12,17-18H,1-4,9-11H2. The molecule has 3 nitrogen and oxygen atoms in total. The van der Waals surface area contributed by atoms with E-state index in [1.165, 1.54) is 37.7 Å². The fraction of sp³-hybridized carbons (Fsp3) is 0.471. The van der Waals surface area contributed by atoms with Crippen LogP contribution in [0.15, 0.2) is 35.4 Å². The summed E-state index contributed by atoms with van der Waals surface area (Å²) in [5.41, 5.74) is 4.66. The minimum Gasteiger partial charge on any atom is -0.429 e. The smallest absolute Gasteiger partial charge is 0.298 e. The SMILES string of the molecule is O=COc1ccc(CC2NCCC3=C2CCCC3)cc1. The molecule has 1 aromatic rings. The molecule has 1 atom stereocenters. The summed E-state index contributed by atoms with van der Waals surface area (Å²) in [4.78, 5) is 10.3. The van der Waals surface area contributed by atoms with Gasteiger partial charge < -0.3 is 10.1 Å². The Morgan fingerprint density at radius 1 is 1.15 bits per heavy atom. The Bertz CT molecular complexity index is 500. The Hall–Kier alpha value is -1.61. The zero-order valence-electron chi connectivity index (χ0n) is 11.7. The Kier molecular flexibility index (Phi) is 4.16. The first-order valence-electron chi connectivity index (χ1n) is 7.50. The molecule has 0 fully saturated rings. The van der Waals surface area contributed by atoms with E-state index in [0.29, 0.717) is 18.3 Å². The van der Waals surface area contributed by atoms with Gasteiger partial charge in [-0.25, -0.2) is 0 Å². The Labute approximate surface area is 120 Å². The van der Waals surface area contributed by atoms with Crippen molar-refractivity contribution < 1.29 is 9.53 Å². The third kappa shape index (κ3) is 2.93. The summed E-state index contributed by atoms with van der Waals surface area (Å²) >= 11 is 0. The Morgan fingerprint density at radius 3 is 2.75 bits per heavy atom. The second-order valence-electron chi connectivity index (χ2n) is 5.65. The maximum atomic E-state index is 10.3. The van der Waals surface area contributed by atoms with Gasteiger partial charge in [0.15, 0.2) is 0 Å². The van der Waals surface area contributed by atoms with Crippen LogP contribution in [0.3, 0.4) is 0 Å². The van der Waals surface area contributed by atoms with E-state index < -0.39 is 0 Å². The van der Waals surface area contributed by atoms with Gasteiger partial charge in [-0.2, -0.15) is 0 Å². The van der Waals surface area contributed by atoms with Gasteiger partial charge in [-0.3, -0.25) is 4.79 Å². The first-order chi connectivity index (χ1) is 9.86. The third-order valence-electron chi connectivity index (χ3n) is 4.41. The van der Waals surface area contributed by atoms with Gasteiger partial charge in [-0.1, -0.05) is 23.3 Å². The lowest BCUT2D eigenvalue weighted by molar-refractivity contribution is -0.120. The predicted molar refractivity (Wildman–Crippen MR) is 78.7 cm³/mol. The van der Waals surface area contributed by atoms with Gasteiger partial charge in [-0.15, -0.1) is 0 Å². The molecule has 0 amide bonds. The lowest BCUT2D eigenvalue weighted by atomic mass is 9.81. The molecule has 0 bridgehead atoms. The van der Waals surface area contributed by atoms with E-state index in [2.05, 4.69) is 17.4 Å². The summed E-state index contributed by atoms with van der Waals surface area (Å²) in [6.07, 6.45) is 7.53. The van der Waals surface area contributed by atoms with Crippen molar-refractivity contribution in [2.24, 2.45) is 0 Å². The van der Waals surface area contributed by atoms with Gasteiger partial charge in [-0.05, 0) is 62.8 Å². The van der Waals surface area contributed by atoms with E-state index in [9.17, 15) is 4.79 Å². The highest BCUT2D eigenvalue weighted by atomic mass is 16.5. The van der Waals surface area contributed by atoms with Crippen LogP contribution in [0.25, 0.3) is 0 Å². The lowest BCUT2D eigenvalue weighted by Gasteiger charge is -2.33. The highest BCUT2D eigenvalue weighted by Crippen LogP contribution is 2.32. The van der Waals surface area contributed by atoms with Crippen molar-refractivity contribution in [1.82, 2.24) is 5.32 Å². The van der Waals surface area contributed by atoms with E-state index in [4.69, 9.17) is 4.74 Å². The van der Waals surface area contributed by atoms with Gasteiger partial charge >= 0.3 is 0 Å². The normalized spacial score (nSPS) is 22.3. The molecule has 1 N–H and O–H groups in total. The van der Waals surface area contributed by atoms with Crippen LogP contribution in [-0.2, 0) is 11.2 Å². The summed E-state index contributed by atoms with van der Waals surface area (Å²) < 4.78 is 4.83. The fourth-order valence-electron chi connectivity index (χ4n) is 3.41. The summed E-state index contributed by atoms with van der Waals surface area (Å²) in [6, 6.07) is 8.33. The summed E-state index contributed by atoms with van der Waals surface area (Å²) in [6.45, 7) is 1.58. The number of rotatable bonds is 4. The minimum absolute atomic E-state index is 0.469. The topological polar surface area (TPSA) is 38.3 Å². The lowest BCUT2D eigenvalue weighted by Crippen LogP contribution is -2.39. The van der Waals surface area contributed by atoms with Crippen LogP contribution in [-0.4, -0.2) is 19.1 Å². The Balaban J connectivity index is 1.71. The Morgan fingerprint density at radius 2 is 1.95 bits per heavy atom. The number of carbonyl (C=O) groups excluding carboxylic acids is 1. The highest BCUT2D eigenvalue weighted by molar-refractivity contribution is 5.45. The quantitative estimate of drug-likeness (QED) is 0.676. The van der Waals surface area contributed by atoms with Crippen LogP contribution in [0.4, 0.5) is 0 Å². The summed E-state index contributed by atoms with van der Waals surface area (Å²) in [7, 11) is 0. The van der Waals surface area contributed by atoms with Gasteiger partial charge in [0.1, 0.15) is 5.75 Å². The second kappa shape index (κ2) is 6.23. The monoisotopic (exact) mass is 271 g/mol. The number of benzene rings is 1. The van der Waals surface area contributed by atoms with Crippen LogP contribution in [0.2, 0.25) is 0 Å². The molecule has 1 unspecified atom stereocenters. The average molecular weight is 271 g/mol. The molecule has 3 rings (SSSR count). The molecule has 0 radical (unpaired) electrons. The van der Waals surface area contributed by atoms with E-state index in [1.807, 2.05) is 12.1 Å².